The van der Waals surface area contributed by atoms with Crippen LogP contribution in [-0.2, 0) is 0 Å². The highest BCUT2D eigenvalue weighted by molar-refractivity contribution is 5.14. The van der Waals surface area contributed by atoms with Gasteiger partial charge < -0.3 is 30.6 Å². The van der Waals surface area contributed by atoms with Crippen molar-refractivity contribution in [1.29, 1.82) is 0 Å². The summed E-state index contributed by atoms with van der Waals surface area (Å²) in [5.41, 5.74) is -0.153. The predicted octanol–water partition coefficient (Wildman–Crippen LogP) is 2.33. The van der Waals surface area contributed by atoms with Crippen molar-refractivity contribution < 1.29 is 30.6 Å². The molecule has 0 aliphatic heterocycles. The summed E-state index contributed by atoms with van der Waals surface area (Å²) >= 11 is 0. The Morgan fingerprint density at radius 3 is 2.24 bits per heavy atom. The maximum atomic E-state index is 11.6. The third-order valence-electron chi connectivity index (χ3n) is 11.5. The molecular weight excluding hydrogens is 420 g/mol. The minimum atomic E-state index is -0.716. The van der Waals surface area contributed by atoms with Gasteiger partial charge in [-0.15, -0.1) is 0 Å². The second-order valence-corrected chi connectivity index (χ2v) is 12.8. The van der Waals surface area contributed by atoms with Crippen LogP contribution in [-0.4, -0.2) is 68.3 Å². The van der Waals surface area contributed by atoms with Crippen LogP contribution in [0.2, 0.25) is 0 Å². The molecule has 4 rings (SSSR count). The highest BCUT2D eigenvalue weighted by Crippen LogP contribution is 2.68. The molecule has 6 nitrogen and oxygen atoms in total. The standard InChI is InChI=1S/C27H48O6/c1-15(4-7-22(31)16(13-28)14-29)19-5-6-20-25-21(12-24(33)27(19,20)3)26(2)9-8-18(30)10-17(26)11-23(25)32/h15-25,28-33H,4-14H2,1-3H3/t15-,17+,18-,19?,20?,21?,22+,23-,24+,25?,26+,27-/m1/s1. The van der Waals surface area contributed by atoms with Gasteiger partial charge in [-0.2, -0.15) is 0 Å². The second kappa shape index (κ2) is 9.67. The Kier molecular flexibility index (Phi) is 7.57. The fourth-order valence-electron chi connectivity index (χ4n) is 9.30. The molecule has 6 N–H and O–H groups in total. The number of aliphatic hydroxyl groups excluding tert-OH is 6. The molecule has 0 saturated heterocycles. The van der Waals surface area contributed by atoms with Crippen molar-refractivity contribution in [2.45, 2.75) is 103 Å². The van der Waals surface area contributed by atoms with E-state index in [0.717, 1.165) is 51.4 Å². The lowest BCUT2D eigenvalue weighted by Crippen LogP contribution is -2.62. The summed E-state index contributed by atoms with van der Waals surface area (Å²) in [6, 6.07) is 0. The molecule has 0 heterocycles. The van der Waals surface area contributed by atoms with Crippen LogP contribution in [0.1, 0.15) is 78.6 Å². The highest BCUT2D eigenvalue weighted by atomic mass is 16.3. The summed E-state index contributed by atoms with van der Waals surface area (Å²) in [4.78, 5) is 0. The third-order valence-corrected chi connectivity index (χ3v) is 11.5. The Morgan fingerprint density at radius 1 is 0.879 bits per heavy atom. The Bertz CT molecular complexity index is 669. The van der Waals surface area contributed by atoms with Gasteiger partial charge in [-0.3, -0.25) is 0 Å². The molecular formula is C27H48O6. The molecule has 0 aromatic carbocycles. The summed E-state index contributed by atoms with van der Waals surface area (Å²) in [6.07, 6.45) is 5.77. The van der Waals surface area contributed by atoms with Gasteiger partial charge in [0.05, 0.1) is 37.6 Å². The van der Waals surface area contributed by atoms with Gasteiger partial charge in [0.2, 0.25) is 0 Å². The van der Waals surface area contributed by atoms with E-state index in [4.69, 9.17) is 0 Å². The van der Waals surface area contributed by atoms with E-state index in [9.17, 15) is 30.6 Å². The highest BCUT2D eigenvalue weighted by Gasteiger charge is 2.65. The molecule has 0 aromatic heterocycles. The first kappa shape index (κ1) is 25.8. The monoisotopic (exact) mass is 468 g/mol. The van der Waals surface area contributed by atoms with Gasteiger partial charge >= 0.3 is 0 Å². The summed E-state index contributed by atoms with van der Waals surface area (Å²) < 4.78 is 0. The van der Waals surface area contributed by atoms with Crippen LogP contribution in [0.15, 0.2) is 0 Å². The fourth-order valence-corrected chi connectivity index (χ4v) is 9.30. The number of aliphatic hydroxyl groups is 6. The summed E-state index contributed by atoms with van der Waals surface area (Å²) in [6.45, 7) is 6.39. The molecule has 0 radical (unpaired) electrons. The van der Waals surface area contributed by atoms with Crippen molar-refractivity contribution in [2.24, 2.45) is 52.3 Å². The maximum Gasteiger partial charge on any atom is 0.0612 e. The van der Waals surface area contributed by atoms with Crippen LogP contribution in [0, 0.1) is 52.3 Å². The van der Waals surface area contributed by atoms with E-state index in [1.807, 2.05) is 0 Å². The Hall–Kier alpha value is -0.240. The SMILES string of the molecule is C[C@H](CC[C@H](O)C(CO)CO)C1CCC2C3C(C[C@H](O)[C@@]21C)[C@@]1(C)CC[C@@H](O)C[C@H]1C[C@H]3O. The molecule has 12 atom stereocenters. The molecule has 4 unspecified atom stereocenters. The first-order valence-corrected chi connectivity index (χ1v) is 13.5. The summed E-state index contributed by atoms with van der Waals surface area (Å²) in [5.74, 6) is 1.29. The zero-order valence-corrected chi connectivity index (χ0v) is 20.8. The second-order valence-electron chi connectivity index (χ2n) is 12.8. The Labute approximate surface area is 199 Å². The van der Waals surface area contributed by atoms with Gasteiger partial charge in [0.15, 0.2) is 0 Å². The lowest BCUT2D eigenvalue weighted by Gasteiger charge is -2.63. The van der Waals surface area contributed by atoms with E-state index >= 15 is 0 Å². The molecule has 0 amide bonds. The number of hydrogen-bond acceptors (Lipinski definition) is 6. The molecule has 6 heteroatoms. The van der Waals surface area contributed by atoms with Crippen molar-refractivity contribution in [1.82, 2.24) is 0 Å². The van der Waals surface area contributed by atoms with Gasteiger partial charge in [-0.25, -0.2) is 0 Å². The van der Waals surface area contributed by atoms with E-state index in [2.05, 4.69) is 20.8 Å². The van der Waals surface area contributed by atoms with Crippen LogP contribution >= 0.6 is 0 Å². The van der Waals surface area contributed by atoms with E-state index in [0.29, 0.717) is 36.0 Å². The average Bonchev–Trinajstić information content (AvgIpc) is 3.13. The van der Waals surface area contributed by atoms with E-state index in [-0.39, 0.29) is 42.2 Å². The van der Waals surface area contributed by atoms with Crippen molar-refractivity contribution in [2.75, 3.05) is 13.2 Å². The molecule has 0 bridgehead atoms. The smallest absolute Gasteiger partial charge is 0.0612 e. The minimum Gasteiger partial charge on any atom is -0.396 e. The molecule has 192 valence electrons. The lowest BCUT2D eigenvalue weighted by molar-refractivity contribution is -0.207. The lowest BCUT2D eigenvalue weighted by atomic mass is 9.43. The van der Waals surface area contributed by atoms with Crippen LogP contribution < -0.4 is 0 Å². The first-order valence-electron chi connectivity index (χ1n) is 13.5. The van der Waals surface area contributed by atoms with Gasteiger partial charge in [0.25, 0.3) is 0 Å². The topological polar surface area (TPSA) is 121 Å². The van der Waals surface area contributed by atoms with Crippen molar-refractivity contribution >= 4 is 0 Å². The van der Waals surface area contributed by atoms with Gasteiger partial charge in [-0.1, -0.05) is 20.8 Å². The van der Waals surface area contributed by atoms with Gasteiger partial charge in [-0.05, 0) is 104 Å². The van der Waals surface area contributed by atoms with Crippen LogP contribution in [0.3, 0.4) is 0 Å². The van der Waals surface area contributed by atoms with Gasteiger partial charge in [0, 0.05) is 5.92 Å². The number of fused-ring (bicyclic) bond motifs is 5. The van der Waals surface area contributed by atoms with Crippen LogP contribution in [0.25, 0.3) is 0 Å². The maximum absolute atomic E-state index is 11.6. The largest absolute Gasteiger partial charge is 0.396 e. The van der Waals surface area contributed by atoms with Gasteiger partial charge in [0.1, 0.15) is 0 Å². The molecule has 4 aliphatic rings. The van der Waals surface area contributed by atoms with Crippen molar-refractivity contribution in [3.8, 4) is 0 Å². The van der Waals surface area contributed by atoms with E-state index in [1.165, 1.54) is 0 Å². The molecule has 0 aromatic rings. The van der Waals surface area contributed by atoms with Crippen molar-refractivity contribution in [3.05, 3.63) is 0 Å². The molecule has 0 spiro atoms. The molecule has 33 heavy (non-hydrogen) atoms. The zero-order chi connectivity index (χ0) is 24.1. The average molecular weight is 469 g/mol. The summed E-state index contributed by atoms with van der Waals surface area (Å²) in [7, 11) is 0. The van der Waals surface area contributed by atoms with E-state index in [1.54, 1.807) is 0 Å². The quantitative estimate of drug-likeness (QED) is 0.341. The Balaban J connectivity index is 1.51. The third kappa shape index (κ3) is 4.21. The Morgan fingerprint density at radius 2 is 1.58 bits per heavy atom. The fraction of sp³-hybridized carbons (Fsp3) is 1.00. The van der Waals surface area contributed by atoms with E-state index < -0.39 is 18.1 Å². The molecule has 4 fully saturated rings. The van der Waals surface area contributed by atoms with Crippen LogP contribution in [0.4, 0.5) is 0 Å². The zero-order valence-electron chi connectivity index (χ0n) is 20.8. The minimum absolute atomic E-state index is 0.0862. The normalized spacial score (nSPS) is 49.3. The van der Waals surface area contributed by atoms with Crippen LogP contribution in [0.5, 0.6) is 0 Å². The molecule has 4 aliphatic carbocycles. The number of hydrogen-bond donors (Lipinski definition) is 6. The molecule has 4 saturated carbocycles. The summed E-state index contributed by atoms with van der Waals surface area (Å²) in [5, 5.41) is 62.4. The first-order chi connectivity index (χ1) is 15.6. The predicted molar refractivity (Wildman–Crippen MR) is 126 cm³/mol. The van der Waals surface area contributed by atoms with Crippen molar-refractivity contribution in [3.63, 3.8) is 0 Å². The number of rotatable bonds is 7.